The first-order valence-electron chi connectivity index (χ1n) is 9.87. The van der Waals surface area contributed by atoms with Crippen LogP contribution in [0.1, 0.15) is 64.7 Å². The number of rotatable bonds is 10. The minimum absolute atomic E-state index is 0.0163. The summed E-state index contributed by atoms with van der Waals surface area (Å²) in [4.78, 5) is 10.5. The first-order valence-corrected chi connectivity index (χ1v) is 10.3. The van der Waals surface area contributed by atoms with E-state index in [4.69, 9.17) is 16.7 Å². The van der Waals surface area contributed by atoms with Gasteiger partial charge in [0.2, 0.25) is 0 Å². The molecule has 0 saturated heterocycles. The molecule has 2 aliphatic carbocycles. The van der Waals surface area contributed by atoms with Gasteiger partial charge in [0, 0.05) is 17.7 Å². The second kappa shape index (κ2) is 9.91. The number of alkyl halides is 1. The summed E-state index contributed by atoms with van der Waals surface area (Å²) in [5.74, 6) is -0.570. The van der Waals surface area contributed by atoms with Crippen LogP contribution in [0.3, 0.4) is 0 Å². The Hall–Kier alpha value is -0.840. The monoisotopic (exact) mass is 384 g/mol. The predicted octanol–water partition coefficient (Wildman–Crippen LogP) is 4.29. The quantitative estimate of drug-likeness (QED) is 0.298. The Bertz CT molecular complexity index is 512. The van der Waals surface area contributed by atoms with E-state index >= 15 is 0 Å². The van der Waals surface area contributed by atoms with Crippen molar-refractivity contribution in [1.29, 1.82) is 0 Å². The van der Waals surface area contributed by atoms with E-state index in [9.17, 15) is 15.0 Å². The molecule has 3 N–H and O–H groups in total. The van der Waals surface area contributed by atoms with Crippen molar-refractivity contribution >= 4 is 17.6 Å². The van der Waals surface area contributed by atoms with Crippen LogP contribution in [0, 0.1) is 17.3 Å². The topological polar surface area (TPSA) is 77.8 Å². The zero-order chi connectivity index (χ0) is 19.2. The lowest BCUT2D eigenvalue weighted by molar-refractivity contribution is -0.137. The van der Waals surface area contributed by atoms with E-state index in [2.05, 4.69) is 13.0 Å². The normalized spacial score (nSPS) is 32.2. The average Bonchev–Trinajstić information content (AvgIpc) is 2.81. The minimum Gasteiger partial charge on any atom is -0.481 e. The molecule has 2 saturated carbocycles. The smallest absolute Gasteiger partial charge is 0.303 e. The highest BCUT2D eigenvalue weighted by atomic mass is 35.5. The number of hydrogen-bond acceptors (Lipinski definition) is 3. The van der Waals surface area contributed by atoms with Crippen molar-refractivity contribution in [3.8, 4) is 0 Å². The molecule has 0 aliphatic heterocycles. The highest BCUT2D eigenvalue weighted by Crippen LogP contribution is 2.44. The van der Waals surface area contributed by atoms with Gasteiger partial charge in [0.1, 0.15) is 0 Å². The van der Waals surface area contributed by atoms with Gasteiger partial charge in [-0.2, -0.15) is 0 Å². The van der Waals surface area contributed by atoms with Crippen molar-refractivity contribution in [2.45, 2.75) is 82.3 Å². The number of hydrogen-bond donors (Lipinski definition) is 3. The maximum absolute atomic E-state index is 10.5. The number of aliphatic hydroxyl groups excluding tert-OH is 2. The van der Waals surface area contributed by atoms with E-state index in [-0.39, 0.29) is 35.2 Å². The molecule has 0 heterocycles. The summed E-state index contributed by atoms with van der Waals surface area (Å²) in [6.07, 6.45) is 14.4. The lowest BCUT2D eigenvalue weighted by Gasteiger charge is -2.42. The third kappa shape index (κ3) is 5.83. The maximum Gasteiger partial charge on any atom is 0.303 e. The number of carbonyl (C=O) groups is 1. The molecular weight excluding hydrogens is 352 g/mol. The lowest BCUT2D eigenvalue weighted by atomic mass is 9.66. The van der Waals surface area contributed by atoms with Gasteiger partial charge in [-0.1, -0.05) is 37.6 Å². The third-order valence-electron chi connectivity index (χ3n) is 6.22. The van der Waals surface area contributed by atoms with Crippen LogP contribution in [0.2, 0.25) is 0 Å². The molecule has 4 nitrogen and oxygen atoms in total. The van der Waals surface area contributed by atoms with Crippen molar-refractivity contribution in [1.82, 2.24) is 0 Å². The molecule has 0 radical (unpaired) electrons. The number of halogens is 1. The molecule has 0 aromatic carbocycles. The second-order valence-corrected chi connectivity index (χ2v) is 8.80. The number of aliphatic carboxylic acids is 1. The summed E-state index contributed by atoms with van der Waals surface area (Å²) in [5, 5.41) is 29.3. The standard InChI is InChI=1S/C21H33ClO4/c1-21(12-7-13-21)19(24)10-6-9-16-15(17(22)14-18(16)23)8-4-2-3-5-11-20(25)26/h2,4,6,9,15-19,23-24H,3,5,7-8,10-14H2,1H3,(H,25,26)/b4-2-,9-6+/t15-,16-,17-,18-,19?/m1/s1. The molecule has 26 heavy (non-hydrogen) atoms. The van der Waals surface area contributed by atoms with Crippen LogP contribution in [0.15, 0.2) is 24.3 Å². The molecule has 0 bridgehead atoms. The van der Waals surface area contributed by atoms with E-state index in [1.165, 1.54) is 6.42 Å². The van der Waals surface area contributed by atoms with E-state index in [1.807, 2.05) is 18.2 Å². The van der Waals surface area contributed by atoms with Crippen LogP contribution in [0.25, 0.3) is 0 Å². The molecule has 0 amide bonds. The van der Waals surface area contributed by atoms with Crippen molar-refractivity contribution in [2.75, 3.05) is 0 Å². The van der Waals surface area contributed by atoms with E-state index in [0.717, 1.165) is 25.7 Å². The largest absolute Gasteiger partial charge is 0.481 e. The van der Waals surface area contributed by atoms with Crippen LogP contribution >= 0.6 is 11.6 Å². The molecule has 148 valence electrons. The maximum atomic E-state index is 10.5. The van der Waals surface area contributed by atoms with Gasteiger partial charge in [0.25, 0.3) is 0 Å². The van der Waals surface area contributed by atoms with Crippen LogP contribution in [0.4, 0.5) is 0 Å². The number of aliphatic hydroxyl groups is 2. The first-order chi connectivity index (χ1) is 12.3. The highest BCUT2D eigenvalue weighted by molar-refractivity contribution is 6.21. The van der Waals surface area contributed by atoms with E-state index < -0.39 is 12.1 Å². The summed E-state index contributed by atoms with van der Waals surface area (Å²) in [6.45, 7) is 2.15. The molecule has 0 spiro atoms. The molecule has 0 aromatic rings. The van der Waals surface area contributed by atoms with Crippen LogP contribution in [-0.4, -0.2) is 38.9 Å². The summed E-state index contributed by atoms with van der Waals surface area (Å²) >= 11 is 6.44. The summed E-state index contributed by atoms with van der Waals surface area (Å²) in [5.41, 5.74) is 0.0613. The van der Waals surface area contributed by atoms with Gasteiger partial charge in [-0.25, -0.2) is 0 Å². The van der Waals surface area contributed by atoms with Gasteiger partial charge in [0.05, 0.1) is 12.2 Å². The Morgan fingerprint density at radius 1 is 1.31 bits per heavy atom. The fraction of sp³-hybridized carbons (Fsp3) is 0.762. The summed E-state index contributed by atoms with van der Waals surface area (Å²) < 4.78 is 0. The van der Waals surface area contributed by atoms with Gasteiger partial charge in [0.15, 0.2) is 0 Å². The number of unbranched alkanes of at least 4 members (excludes halogenated alkanes) is 1. The van der Waals surface area contributed by atoms with Gasteiger partial charge < -0.3 is 15.3 Å². The van der Waals surface area contributed by atoms with E-state index in [0.29, 0.717) is 19.3 Å². The molecule has 0 aromatic heterocycles. The molecule has 2 aliphatic rings. The Kier molecular flexibility index (Phi) is 8.18. The molecule has 5 heteroatoms. The fourth-order valence-corrected chi connectivity index (χ4v) is 4.58. The Morgan fingerprint density at radius 2 is 2.04 bits per heavy atom. The van der Waals surface area contributed by atoms with Crippen molar-refractivity contribution in [2.24, 2.45) is 17.3 Å². The number of allylic oxidation sites excluding steroid dienone is 2. The average molecular weight is 385 g/mol. The highest BCUT2D eigenvalue weighted by Gasteiger charge is 2.40. The van der Waals surface area contributed by atoms with Gasteiger partial charge in [-0.15, -0.1) is 11.6 Å². The predicted molar refractivity (Wildman–Crippen MR) is 104 cm³/mol. The molecule has 2 fully saturated rings. The zero-order valence-corrected chi connectivity index (χ0v) is 16.4. The Labute approximate surface area is 161 Å². The summed E-state index contributed by atoms with van der Waals surface area (Å²) in [7, 11) is 0. The lowest BCUT2D eigenvalue weighted by Crippen LogP contribution is -2.38. The number of carboxylic acid groups (broad SMARTS) is 1. The van der Waals surface area contributed by atoms with Crippen molar-refractivity contribution in [3.05, 3.63) is 24.3 Å². The molecule has 2 rings (SSSR count). The Balaban J connectivity index is 1.81. The SMILES string of the molecule is CC1(C(O)C/C=C/[C@@H]2[C@@H](C/C=C\CCCC(=O)O)[C@H](Cl)C[C@H]2O)CCC1. The van der Waals surface area contributed by atoms with Gasteiger partial charge in [-0.3, -0.25) is 4.79 Å². The second-order valence-electron chi connectivity index (χ2n) is 8.24. The van der Waals surface area contributed by atoms with Crippen molar-refractivity contribution < 1.29 is 20.1 Å². The van der Waals surface area contributed by atoms with Crippen LogP contribution in [0.5, 0.6) is 0 Å². The minimum atomic E-state index is -0.763. The fourth-order valence-electron chi connectivity index (χ4n) is 4.12. The Morgan fingerprint density at radius 3 is 2.65 bits per heavy atom. The number of carboxylic acids is 1. The first kappa shape index (κ1) is 21.5. The van der Waals surface area contributed by atoms with Gasteiger partial charge in [-0.05, 0) is 56.3 Å². The summed E-state index contributed by atoms with van der Waals surface area (Å²) in [6, 6.07) is 0. The third-order valence-corrected chi connectivity index (χ3v) is 6.73. The molecule has 1 unspecified atom stereocenters. The van der Waals surface area contributed by atoms with Crippen LogP contribution < -0.4 is 0 Å². The van der Waals surface area contributed by atoms with Gasteiger partial charge >= 0.3 is 5.97 Å². The van der Waals surface area contributed by atoms with E-state index in [1.54, 1.807) is 0 Å². The molecular formula is C21H33ClO4. The van der Waals surface area contributed by atoms with Crippen LogP contribution in [-0.2, 0) is 4.79 Å². The molecule has 5 atom stereocenters. The van der Waals surface area contributed by atoms with Crippen molar-refractivity contribution in [3.63, 3.8) is 0 Å². The zero-order valence-electron chi connectivity index (χ0n) is 15.7.